The number of primary amides is 1. The zero-order chi connectivity index (χ0) is 12.1. The van der Waals surface area contributed by atoms with E-state index in [1.54, 1.807) is 0 Å². The fourth-order valence-electron chi connectivity index (χ4n) is 1.08. The number of nitrogens with two attached hydrogens (primary N) is 2. The lowest BCUT2D eigenvalue weighted by molar-refractivity contribution is -0.117. The zero-order valence-corrected chi connectivity index (χ0v) is 9.71. The molecule has 0 spiro atoms. The quantitative estimate of drug-likeness (QED) is 0.689. The summed E-state index contributed by atoms with van der Waals surface area (Å²) in [7, 11) is 0. The van der Waals surface area contributed by atoms with Gasteiger partial charge in [-0.15, -0.1) is 11.3 Å². The van der Waals surface area contributed by atoms with Gasteiger partial charge < -0.3 is 16.8 Å². The number of anilines is 1. The first-order valence-electron chi connectivity index (χ1n) is 4.86. The summed E-state index contributed by atoms with van der Waals surface area (Å²) < 4.78 is 0. The number of hydrogen-bond acceptors (Lipinski definition) is 5. The summed E-state index contributed by atoms with van der Waals surface area (Å²) in [6.45, 7) is 1.95. The van der Waals surface area contributed by atoms with Crippen LogP contribution in [0, 0.1) is 0 Å². The molecule has 1 rings (SSSR count). The summed E-state index contributed by atoms with van der Waals surface area (Å²) >= 11 is 1.14. The average Bonchev–Trinajstić information content (AvgIpc) is 2.66. The van der Waals surface area contributed by atoms with Gasteiger partial charge in [0.25, 0.3) is 5.91 Å². The third-order valence-electron chi connectivity index (χ3n) is 1.92. The summed E-state index contributed by atoms with van der Waals surface area (Å²) in [4.78, 5) is 26.1. The number of thiazole rings is 1. The average molecular weight is 242 g/mol. The molecule has 0 saturated heterocycles. The van der Waals surface area contributed by atoms with Gasteiger partial charge in [0.2, 0.25) is 5.91 Å². The van der Waals surface area contributed by atoms with E-state index in [4.69, 9.17) is 11.5 Å². The SMILES string of the molecule is CCCC(N)C(=O)Nc1nc(C(N)=O)cs1. The van der Waals surface area contributed by atoms with Crippen molar-refractivity contribution in [3.05, 3.63) is 11.1 Å². The van der Waals surface area contributed by atoms with E-state index in [-0.39, 0.29) is 11.6 Å². The van der Waals surface area contributed by atoms with Crippen LogP contribution >= 0.6 is 11.3 Å². The largest absolute Gasteiger partial charge is 0.364 e. The van der Waals surface area contributed by atoms with E-state index in [9.17, 15) is 9.59 Å². The van der Waals surface area contributed by atoms with E-state index in [0.717, 1.165) is 17.8 Å². The van der Waals surface area contributed by atoms with Crippen molar-refractivity contribution in [1.29, 1.82) is 0 Å². The fraction of sp³-hybridized carbons (Fsp3) is 0.444. The lowest BCUT2D eigenvalue weighted by atomic mass is 10.2. The van der Waals surface area contributed by atoms with Crippen LogP contribution < -0.4 is 16.8 Å². The van der Waals surface area contributed by atoms with E-state index >= 15 is 0 Å². The van der Waals surface area contributed by atoms with Gasteiger partial charge in [0.15, 0.2) is 5.13 Å². The third-order valence-corrected chi connectivity index (χ3v) is 2.68. The van der Waals surface area contributed by atoms with E-state index in [2.05, 4.69) is 10.3 Å². The lowest BCUT2D eigenvalue weighted by Crippen LogP contribution is -2.35. The highest BCUT2D eigenvalue weighted by molar-refractivity contribution is 7.14. The molecule has 2 amide bonds. The van der Waals surface area contributed by atoms with E-state index < -0.39 is 11.9 Å². The molecule has 0 aliphatic carbocycles. The van der Waals surface area contributed by atoms with Crippen LogP contribution in [0.25, 0.3) is 0 Å². The molecule has 1 unspecified atom stereocenters. The van der Waals surface area contributed by atoms with Crippen molar-refractivity contribution in [2.45, 2.75) is 25.8 Å². The molecule has 5 N–H and O–H groups in total. The lowest BCUT2D eigenvalue weighted by Gasteiger charge is -2.08. The van der Waals surface area contributed by atoms with Gasteiger partial charge in [-0.2, -0.15) is 0 Å². The number of amides is 2. The predicted molar refractivity (Wildman–Crippen MR) is 62.1 cm³/mol. The van der Waals surface area contributed by atoms with Gasteiger partial charge in [-0.05, 0) is 6.42 Å². The van der Waals surface area contributed by atoms with Gasteiger partial charge in [-0.25, -0.2) is 4.98 Å². The molecule has 0 aliphatic heterocycles. The van der Waals surface area contributed by atoms with Gasteiger partial charge in [0.1, 0.15) is 5.69 Å². The van der Waals surface area contributed by atoms with Gasteiger partial charge >= 0.3 is 0 Å². The van der Waals surface area contributed by atoms with Crippen molar-refractivity contribution in [2.75, 3.05) is 5.32 Å². The van der Waals surface area contributed by atoms with E-state index in [1.165, 1.54) is 5.38 Å². The number of nitrogens with zero attached hydrogens (tertiary/aromatic N) is 1. The molecule has 0 bridgehead atoms. The van der Waals surface area contributed by atoms with Crippen molar-refractivity contribution in [2.24, 2.45) is 11.5 Å². The first-order valence-corrected chi connectivity index (χ1v) is 5.74. The first-order chi connectivity index (χ1) is 7.54. The molecule has 6 nitrogen and oxygen atoms in total. The van der Waals surface area contributed by atoms with E-state index in [1.807, 2.05) is 6.92 Å². The predicted octanol–water partition coefficient (Wildman–Crippen LogP) is 0.308. The van der Waals surface area contributed by atoms with Crippen molar-refractivity contribution in [1.82, 2.24) is 4.98 Å². The highest BCUT2D eigenvalue weighted by Gasteiger charge is 2.14. The highest BCUT2D eigenvalue weighted by Crippen LogP contribution is 2.15. The Morgan fingerprint density at radius 3 is 2.81 bits per heavy atom. The number of aromatic nitrogens is 1. The normalized spacial score (nSPS) is 12.1. The Bertz CT molecular complexity index is 391. The molecular weight excluding hydrogens is 228 g/mol. The topological polar surface area (TPSA) is 111 Å². The Morgan fingerprint density at radius 1 is 1.62 bits per heavy atom. The number of rotatable bonds is 5. The van der Waals surface area contributed by atoms with Crippen molar-refractivity contribution < 1.29 is 9.59 Å². The van der Waals surface area contributed by atoms with E-state index in [0.29, 0.717) is 11.6 Å². The number of hydrogen-bond donors (Lipinski definition) is 3. The third kappa shape index (κ3) is 3.28. The molecule has 1 heterocycles. The number of nitrogens with one attached hydrogen (secondary N) is 1. The molecular formula is C9H14N4O2S. The molecule has 1 aromatic heterocycles. The maximum atomic E-state index is 11.5. The van der Waals surface area contributed by atoms with Crippen LogP contribution in [0.5, 0.6) is 0 Å². The second-order valence-electron chi connectivity index (χ2n) is 3.29. The van der Waals surface area contributed by atoms with Gasteiger partial charge in [0.05, 0.1) is 6.04 Å². The fourth-order valence-corrected chi connectivity index (χ4v) is 1.79. The Balaban J connectivity index is 2.59. The van der Waals surface area contributed by atoms with Crippen LogP contribution in [0.4, 0.5) is 5.13 Å². The summed E-state index contributed by atoms with van der Waals surface area (Å²) in [5, 5.41) is 4.37. The summed E-state index contributed by atoms with van der Waals surface area (Å²) in [5.74, 6) is -0.915. The molecule has 1 aromatic rings. The van der Waals surface area contributed by atoms with Gasteiger partial charge in [-0.3, -0.25) is 9.59 Å². The highest BCUT2D eigenvalue weighted by atomic mass is 32.1. The van der Waals surface area contributed by atoms with Crippen LogP contribution in [0.1, 0.15) is 30.3 Å². The second-order valence-corrected chi connectivity index (χ2v) is 4.14. The molecule has 0 fully saturated rings. The number of carbonyl (C=O) groups is 2. The standard InChI is InChI=1S/C9H14N4O2S/c1-2-3-5(10)8(15)13-9-12-6(4-16-9)7(11)14/h4-5H,2-3,10H2,1H3,(H2,11,14)(H,12,13,15). The molecule has 16 heavy (non-hydrogen) atoms. The maximum absolute atomic E-state index is 11.5. The number of carbonyl (C=O) groups excluding carboxylic acids is 2. The van der Waals surface area contributed by atoms with Crippen LogP contribution in [0.2, 0.25) is 0 Å². The van der Waals surface area contributed by atoms with Gasteiger partial charge in [0, 0.05) is 5.38 Å². The Hall–Kier alpha value is -1.47. The zero-order valence-electron chi connectivity index (χ0n) is 8.90. The molecule has 0 saturated carbocycles. The molecule has 0 aromatic carbocycles. The first kappa shape index (κ1) is 12.6. The van der Waals surface area contributed by atoms with Crippen LogP contribution in [0.15, 0.2) is 5.38 Å². The minimum absolute atomic E-state index is 0.143. The summed E-state index contributed by atoms with van der Waals surface area (Å²) in [5.41, 5.74) is 10.8. The van der Waals surface area contributed by atoms with Gasteiger partial charge in [-0.1, -0.05) is 13.3 Å². The Labute approximate surface area is 97.0 Å². The second kappa shape index (κ2) is 5.57. The van der Waals surface area contributed by atoms with Crippen LogP contribution in [-0.2, 0) is 4.79 Å². The van der Waals surface area contributed by atoms with Crippen LogP contribution in [-0.4, -0.2) is 22.8 Å². The molecule has 7 heteroatoms. The minimum Gasteiger partial charge on any atom is -0.364 e. The monoisotopic (exact) mass is 242 g/mol. The Morgan fingerprint density at radius 2 is 2.31 bits per heavy atom. The summed E-state index contributed by atoms with van der Waals surface area (Å²) in [6, 6.07) is -0.550. The van der Waals surface area contributed by atoms with Crippen molar-refractivity contribution >= 4 is 28.3 Å². The molecule has 0 aliphatic rings. The smallest absolute Gasteiger partial charge is 0.268 e. The van der Waals surface area contributed by atoms with Crippen molar-refractivity contribution in [3.8, 4) is 0 Å². The summed E-state index contributed by atoms with van der Waals surface area (Å²) in [6.07, 6.45) is 1.44. The molecule has 88 valence electrons. The minimum atomic E-state index is -0.616. The Kier molecular flexibility index (Phi) is 4.39. The molecule has 0 radical (unpaired) electrons. The van der Waals surface area contributed by atoms with Crippen molar-refractivity contribution in [3.63, 3.8) is 0 Å². The molecule has 1 atom stereocenters. The van der Waals surface area contributed by atoms with Crippen LogP contribution in [0.3, 0.4) is 0 Å². The maximum Gasteiger partial charge on any atom is 0.268 e.